The van der Waals surface area contributed by atoms with Gasteiger partial charge in [-0.15, -0.1) is 11.3 Å². The van der Waals surface area contributed by atoms with E-state index < -0.39 is 0 Å². The molecule has 0 bridgehead atoms. The molecular weight excluding hydrogens is 336 g/mol. The number of amides is 2. The first-order valence-electron chi connectivity index (χ1n) is 8.72. The monoisotopic (exact) mass is 360 g/mol. The highest BCUT2D eigenvalue weighted by Crippen LogP contribution is 2.40. The number of nitrogens with zero attached hydrogens (tertiary/aromatic N) is 2. The summed E-state index contributed by atoms with van der Waals surface area (Å²) in [5.74, 6) is 1.22. The van der Waals surface area contributed by atoms with Crippen molar-refractivity contribution in [1.82, 2.24) is 20.6 Å². The van der Waals surface area contributed by atoms with Crippen LogP contribution < -0.4 is 10.6 Å². The highest BCUT2D eigenvalue weighted by atomic mass is 32.1. The van der Waals surface area contributed by atoms with E-state index in [-0.39, 0.29) is 17.7 Å². The molecule has 1 saturated carbocycles. The van der Waals surface area contributed by atoms with E-state index in [1.54, 1.807) is 0 Å². The lowest BCUT2D eigenvalue weighted by Crippen LogP contribution is -2.36. The molecular formula is C18H24N4O2S. The van der Waals surface area contributed by atoms with Gasteiger partial charge in [-0.25, -0.2) is 9.97 Å². The van der Waals surface area contributed by atoms with Crippen LogP contribution in [0.4, 0.5) is 0 Å². The Kier molecular flexibility index (Phi) is 5.03. The van der Waals surface area contributed by atoms with E-state index in [2.05, 4.69) is 20.6 Å². The molecule has 6 nitrogen and oxygen atoms in total. The maximum absolute atomic E-state index is 12.5. The molecule has 3 rings (SSSR count). The van der Waals surface area contributed by atoms with Crippen LogP contribution in [0.3, 0.4) is 0 Å². The molecule has 0 aliphatic heterocycles. The van der Waals surface area contributed by atoms with Gasteiger partial charge in [-0.2, -0.15) is 0 Å². The maximum Gasteiger partial charge on any atom is 0.261 e. The van der Waals surface area contributed by atoms with Crippen LogP contribution in [0.2, 0.25) is 0 Å². The Hall–Kier alpha value is -2.02. The molecule has 0 saturated heterocycles. The predicted molar refractivity (Wildman–Crippen MR) is 99.0 cm³/mol. The summed E-state index contributed by atoms with van der Waals surface area (Å²) in [5.41, 5.74) is 1.88. The van der Waals surface area contributed by atoms with Crippen LogP contribution in [0.15, 0.2) is 0 Å². The summed E-state index contributed by atoms with van der Waals surface area (Å²) in [5, 5.41) is 6.66. The lowest BCUT2D eigenvalue weighted by Gasteiger charge is -2.08. The Morgan fingerprint density at radius 2 is 1.84 bits per heavy atom. The molecule has 2 amide bonds. The summed E-state index contributed by atoms with van der Waals surface area (Å²) in [6.45, 7) is 8.45. The molecule has 7 heteroatoms. The largest absolute Gasteiger partial charge is 0.354 e. The van der Waals surface area contributed by atoms with Gasteiger partial charge in [0.2, 0.25) is 5.91 Å². The van der Waals surface area contributed by atoms with Crippen molar-refractivity contribution in [3.05, 3.63) is 22.0 Å². The summed E-state index contributed by atoms with van der Waals surface area (Å²) in [4.78, 5) is 34.9. The zero-order valence-electron chi connectivity index (χ0n) is 15.1. The quantitative estimate of drug-likeness (QED) is 0.776. The van der Waals surface area contributed by atoms with Crippen LogP contribution >= 0.6 is 11.3 Å². The van der Waals surface area contributed by atoms with Gasteiger partial charge in [0.15, 0.2) is 0 Å². The molecule has 0 radical (unpaired) electrons. The first-order valence-corrected chi connectivity index (χ1v) is 9.53. The van der Waals surface area contributed by atoms with Crippen LogP contribution in [0.1, 0.15) is 59.4 Å². The van der Waals surface area contributed by atoms with Crippen LogP contribution in [0.25, 0.3) is 10.2 Å². The van der Waals surface area contributed by atoms with Gasteiger partial charge in [0.05, 0.1) is 10.6 Å². The van der Waals surface area contributed by atoms with Crippen molar-refractivity contribution < 1.29 is 9.59 Å². The average Bonchev–Trinajstić information content (AvgIpc) is 3.35. The molecule has 0 unspecified atom stereocenters. The zero-order valence-corrected chi connectivity index (χ0v) is 15.9. The number of thiophene rings is 1. The van der Waals surface area contributed by atoms with Gasteiger partial charge in [-0.1, -0.05) is 13.8 Å². The number of rotatable bonds is 6. The fraction of sp³-hybridized carbons (Fsp3) is 0.556. The van der Waals surface area contributed by atoms with Crippen molar-refractivity contribution in [1.29, 1.82) is 0 Å². The molecule has 2 N–H and O–H groups in total. The van der Waals surface area contributed by atoms with Gasteiger partial charge < -0.3 is 10.6 Å². The molecule has 1 fully saturated rings. The molecule has 1 aliphatic carbocycles. The first kappa shape index (κ1) is 17.8. The number of hydrogen-bond acceptors (Lipinski definition) is 5. The van der Waals surface area contributed by atoms with Crippen LogP contribution in [-0.2, 0) is 4.79 Å². The van der Waals surface area contributed by atoms with Gasteiger partial charge in [0.25, 0.3) is 5.91 Å². The molecule has 0 spiro atoms. The minimum Gasteiger partial charge on any atom is -0.354 e. The minimum atomic E-state index is -0.119. The number of carbonyl (C=O) groups is 2. The molecule has 2 aromatic rings. The van der Waals surface area contributed by atoms with E-state index in [0.29, 0.717) is 23.9 Å². The number of hydrogen-bond donors (Lipinski definition) is 2. The second-order valence-electron chi connectivity index (χ2n) is 6.88. The normalized spacial score (nSPS) is 14.1. The lowest BCUT2D eigenvalue weighted by molar-refractivity contribution is -0.123. The lowest BCUT2D eigenvalue weighted by atomic mass is 10.1. The third kappa shape index (κ3) is 3.81. The fourth-order valence-corrected chi connectivity index (χ4v) is 3.90. The molecule has 134 valence electrons. The average molecular weight is 360 g/mol. The van der Waals surface area contributed by atoms with Gasteiger partial charge in [0.1, 0.15) is 10.7 Å². The topological polar surface area (TPSA) is 84.0 Å². The fourth-order valence-electron chi connectivity index (χ4n) is 2.75. The van der Waals surface area contributed by atoms with Gasteiger partial charge in [-0.05, 0) is 32.3 Å². The third-order valence-corrected chi connectivity index (χ3v) is 5.56. The molecule has 25 heavy (non-hydrogen) atoms. The predicted octanol–water partition coefficient (Wildman–Crippen LogP) is 2.69. The molecule has 0 atom stereocenters. The zero-order chi connectivity index (χ0) is 18.1. The summed E-state index contributed by atoms with van der Waals surface area (Å²) in [7, 11) is 0. The Bertz CT molecular complexity index is 824. The SMILES string of the molecule is Cc1nc(C2CC2)nc2sc(C(=O)NCCNC(=O)C(C)C)c(C)c12. The van der Waals surface area contributed by atoms with Crippen molar-refractivity contribution >= 4 is 33.4 Å². The number of fused-ring (bicyclic) bond motifs is 1. The van der Waals surface area contributed by atoms with E-state index in [1.807, 2.05) is 27.7 Å². The van der Waals surface area contributed by atoms with Crippen LogP contribution in [0, 0.1) is 19.8 Å². The summed E-state index contributed by atoms with van der Waals surface area (Å²) < 4.78 is 0. The second kappa shape index (κ2) is 7.07. The highest BCUT2D eigenvalue weighted by molar-refractivity contribution is 7.20. The van der Waals surface area contributed by atoms with Crippen molar-refractivity contribution in [2.45, 2.75) is 46.5 Å². The van der Waals surface area contributed by atoms with Crippen molar-refractivity contribution in [3.8, 4) is 0 Å². The van der Waals surface area contributed by atoms with Crippen LogP contribution in [-0.4, -0.2) is 34.9 Å². The molecule has 0 aromatic carbocycles. The Morgan fingerprint density at radius 3 is 2.48 bits per heavy atom. The smallest absolute Gasteiger partial charge is 0.261 e. The van der Waals surface area contributed by atoms with E-state index in [1.165, 1.54) is 11.3 Å². The molecule has 1 aliphatic rings. The van der Waals surface area contributed by atoms with Gasteiger partial charge in [0, 0.05) is 30.3 Å². The number of aryl methyl sites for hydroxylation is 2. The second-order valence-corrected chi connectivity index (χ2v) is 7.88. The first-order chi connectivity index (χ1) is 11.9. The van der Waals surface area contributed by atoms with E-state index in [0.717, 1.165) is 40.1 Å². The summed E-state index contributed by atoms with van der Waals surface area (Å²) in [6.07, 6.45) is 2.31. The van der Waals surface area contributed by atoms with E-state index in [4.69, 9.17) is 0 Å². The van der Waals surface area contributed by atoms with Crippen LogP contribution in [0.5, 0.6) is 0 Å². The Labute approximate surface area is 151 Å². The van der Waals surface area contributed by atoms with Crippen molar-refractivity contribution in [2.24, 2.45) is 5.92 Å². The highest BCUT2D eigenvalue weighted by Gasteiger charge is 2.28. The van der Waals surface area contributed by atoms with Crippen molar-refractivity contribution in [3.63, 3.8) is 0 Å². The number of carbonyl (C=O) groups excluding carboxylic acids is 2. The minimum absolute atomic E-state index is 0.00852. The van der Waals surface area contributed by atoms with E-state index >= 15 is 0 Å². The summed E-state index contributed by atoms with van der Waals surface area (Å²) >= 11 is 1.42. The van der Waals surface area contributed by atoms with Gasteiger partial charge in [-0.3, -0.25) is 9.59 Å². The number of aromatic nitrogens is 2. The number of nitrogens with one attached hydrogen (secondary N) is 2. The maximum atomic E-state index is 12.5. The standard InChI is InChI=1S/C18H24N4O2S/c1-9(2)16(23)19-7-8-20-17(24)14-10(3)13-11(4)21-15(12-5-6-12)22-18(13)25-14/h9,12H,5-8H2,1-4H3,(H,19,23)(H,20,24). The molecule has 2 heterocycles. The third-order valence-electron chi connectivity index (χ3n) is 4.37. The Morgan fingerprint density at radius 1 is 1.16 bits per heavy atom. The van der Waals surface area contributed by atoms with Crippen molar-refractivity contribution in [2.75, 3.05) is 13.1 Å². The Balaban J connectivity index is 1.70. The van der Waals surface area contributed by atoms with Gasteiger partial charge >= 0.3 is 0 Å². The molecule has 2 aromatic heterocycles. The van der Waals surface area contributed by atoms with E-state index in [9.17, 15) is 9.59 Å². The summed E-state index contributed by atoms with van der Waals surface area (Å²) in [6, 6.07) is 0.